The predicted molar refractivity (Wildman–Crippen MR) is 119 cm³/mol. The average Bonchev–Trinajstić information content (AvgIpc) is 2.72. The second-order valence-corrected chi connectivity index (χ2v) is 7.94. The molecule has 3 rings (SSSR count). The number of primary amides is 1. The quantitative estimate of drug-likeness (QED) is 0.634. The first-order valence-corrected chi connectivity index (χ1v) is 10.4. The number of rotatable bonds is 6. The maximum absolute atomic E-state index is 13.2. The molecule has 0 bridgehead atoms. The molecule has 152 valence electrons. The van der Waals surface area contributed by atoms with E-state index in [-0.39, 0.29) is 11.7 Å². The molecule has 0 aromatic heterocycles. The molecule has 0 saturated heterocycles. The van der Waals surface area contributed by atoms with E-state index in [1.807, 2.05) is 18.2 Å². The molecule has 2 aromatic carbocycles. The summed E-state index contributed by atoms with van der Waals surface area (Å²) in [7, 11) is 0. The lowest BCUT2D eigenvalue weighted by molar-refractivity contribution is -0.115. The van der Waals surface area contributed by atoms with E-state index in [4.69, 9.17) is 17.3 Å². The van der Waals surface area contributed by atoms with Gasteiger partial charge in [0.05, 0.1) is 28.3 Å². The Morgan fingerprint density at radius 1 is 1.20 bits per heavy atom. The molecule has 2 aromatic rings. The van der Waals surface area contributed by atoms with Crippen molar-refractivity contribution in [3.63, 3.8) is 0 Å². The summed E-state index contributed by atoms with van der Waals surface area (Å²) in [5.41, 5.74) is 7.79. The number of carbonyl (C=O) groups is 2. The highest BCUT2D eigenvalue weighted by Gasteiger charge is 2.35. The molecule has 8 heteroatoms. The van der Waals surface area contributed by atoms with Crippen molar-refractivity contribution >= 4 is 40.9 Å². The molecule has 2 amide bonds. The number of para-hydroxylation sites is 1. The van der Waals surface area contributed by atoms with Gasteiger partial charge in [-0.25, -0.2) is 0 Å². The van der Waals surface area contributed by atoms with Crippen LogP contribution in [0.25, 0.3) is 0 Å². The van der Waals surface area contributed by atoms with E-state index in [0.717, 1.165) is 11.8 Å². The van der Waals surface area contributed by atoms with E-state index in [1.165, 1.54) is 0 Å². The molecule has 1 aliphatic heterocycles. The van der Waals surface area contributed by atoms with Gasteiger partial charge in [-0.05, 0) is 30.7 Å². The van der Waals surface area contributed by atoms with Gasteiger partial charge < -0.3 is 16.4 Å². The highest BCUT2D eigenvalue weighted by atomic mass is 35.5. The van der Waals surface area contributed by atoms with Crippen molar-refractivity contribution in [1.82, 2.24) is 5.32 Å². The molecular formula is C22H19ClN4O2S. The van der Waals surface area contributed by atoms with E-state index in [2.05, 4.69) is 16.7 Å². The van der Waals surface area contributed by atoms with Crippen molar-refractivity contribution in [2.24, 2.45) is 5.73 Å². The van der Waals surface area contributed by atoms with Gasteiger partial charge in [0.1, 0.15) is 0 Å². The molecule has 0 radical (unpaired) electrons. The molecule has 1 heterocycles. The van der Waals surface area contributed by atoms with Crippen LogP contribution in [0.2, 0.25) is 5.02 Å². The lowest BCUT2D eigenvalue weighted by Crippen LogP contribution is -2.31. The predicted octanol–water partition coefficient (Wildman–Crippen LogP) is 3.89. The normalized spacial score (nSPS) is 16.0. The zero-order valence-electron chi connectivity index (χ0n) is 16.1. The number of anilines is 1. The van der Waals surface area contributed by atoms with Crippen LogP contribution >= 0.6 is 23.4 Å². The Labute approximate surface area is 183 Å². The summed E-state index contributed by atoms with van der Waals surface area (Å²) >= 11 is 7.57. The van der Waals surface area contributed by atoms with Gasteiger partial charge in [0.15, 0.2) is 0 Å². The number of nitrogens with zero attached hydrogens (tertiary/aromatic N) is 1. The van der Waals surface area contributed by atoms with E-state index in [9.17, 15) is 14.9 Å². The van der Waals surface area contributed by atoms with Crippen molar-refractivity contribution in [2.75, 3.05) is 11.1 Å². The van der Waals surface area contributed by atoms with Crippen LogP contribution in [-0.4, -0.2) is 17.6 Å². The maximum atomic E-state index is 13.2. The summed E-state index contributed by atoms with van der Waals surface area (Å²) in [6, 6.07) is 18.3. The second kappa shape index (κ2) is 9.53. The number of carbonyl (C=O) groups excluding carboxylic acids is 2. The molecule has 30 heavy (non-hydrogen) atoms. The van der Waals surface area contributed by atoms with E-state index in [1.54, 1.807) is 43.3 Å². The van der Waals surface area contributed by atoms with Crippen LogP contribution in [0.3, 0.4) is 0 Å². The van der Waals surface area contributed by atoms with Crippen molar-refractivity contribution in [3.05, 3.63) is 87.1 Å². The minimum Gasteiger partial charge on any atom is -0.369 e. The third-order valence-electron chi connectivity index (χ3n) is 4.50. The van der Waals surface area contributed by atoms with Crippen molar-refractivity contribution in [2.45, 2.75) is 12.8 Å². The summed E-state index contributed by atoms with van der Waals surface area (Å²) in [5.74, 6) is -1.54. The van der Waals surface area contributed by atoms with Crippen LogP contribution in [0.4, 0.5) is 5.69 Å². The van der Waals surface area contributed by atoms with Crippen LogP contribution in [0.1, 0.15) is 18.4 Å². The Bertz CT molecular complexity index is 1090. The Morgan fingerprint density at radius 2 is 1.87 bits per heavy atom. The molecule has 6 nitrogen and oxygen atoms in total. The minimum atomic E-state index is -0.691. The van der Waals surface area contributed by atoms with Crippen molar-refractivity contribution < 1.29 is 9.59 Å². The monoisotopic (exact) mass is 438 g/mol. The number of hydrogen-bond donors (Lipinski definition) is 3. The number of thioether (sulfide) groups is 1. The van der Waals surface area contributed by atoms with Gasteiger partial charge in [0.25, 0.3) is 5.91 Å². The van der Waals surface area contributed by atoms with Crippen LogP contribution in [0.15, 0.2) is 76.5 Å². The van der Waals surface area contributed by atoms with E-state index >= 15 is 0 Å². The Balaban J connectivity index is 2.09. The molecule has 0 saturated carbocycles. The third-order valence-corrected chi connectivity index (χ3v) is 5.88. The second-order valence-electron chi connectivity index (χ2n) is 6.55. The number of nitrogens with one attached hydrogen (secondary N) is 2. The number of amides is 2. The van der Waals surface area contributed by atoms with Gasteiger partial charge in [-0.1, -0.05) is 59.8 Å². The summed E-state index contributed by atoms with van der Waals surface area (Å²) in [6.45, 7) is 1.75. The number of halogens is 1. The first kappa shape index (κ1) is 21.5. The van der Waals surface area contributed by atoms with Gasteiger partial charge in [-0.2, -0.15) is 5.26 Å². The number of nitriles is 1. The number of nitrogens with two attached hydrogens (primary N) is 1. The molecule has 1 aliphatic rings. The Hall–Kier alpha value is -3.21. The molecule has 4 N–H and O–H groups in total. The van der Waals surface area contributed by atoms with Gasteiger partial charge in [0, 0.05) is 22.0 Å². The molecule has 1 atom stereocenters. The van der Waals surface area contributed by atoms with Gasteiger partial charge in [0.2, 0.25) is 5.91 Å². The Morgan fingerprint density at radius 3 is 2.50 bits per heavy atom. The smallest absolute Gasteiger partial charge is 0.254 e. The fourth-order valence-electron chi connectivity index (χ4n) is 3.21. The summed E-state index contributed by atoms with van der Waals surface area (Å²) in [6.07, 6.45) is 0. The largest absolute Gasteiger partial charge is 0.369 e. The highest BCUT2D eigenvalue weighted by molar-refractivity contribution is 8.03. The minimum absolute atomic E-state index is 0.00157. The zero-order valence-corrected chi connectivity index (χ0v) is 17.7. The van der Waals surface area contributed by atoms with Gasteiger partial charge in [-0.15, -0.1) is 0 Å². The van der Waals surface area contributed by atoms with E-state index in [0.29, 0.717) is 38.1 Å². The van der Waals surface area contributed by atoms with Crippen molar-refractivity contribution in [1.29, 1.82) is 5.26 Å². The van der Waals surface area contributed by atoms with E-state index < -0.39 is 11.8 Å². The lowest BCUT2D eigenvalue weighted by Gasteiger charge is -2.30. The summed E-state index contributed by atoms with van der Waals surface area (Å²) < 4.78 is 0. The first-order chi connectivity index (χ1) is 14.4. The number of benzene rings is 2. The molecular weight excluding hydrogens is 420 g/mol. The molecule has 0 spiro atoms. The van der Waals surface area contributed by atoms with Crippen LogP contribution in [0, 0.1) is 11.3 Å². The van der Waals surface area contributed by atoms with Gasteiger partial charge in [-0.3, -0.25) is 9.59 Å². The number of hydrogen-bond acceptors (Lipinski definition) is 5. The lowest BCUT2D eigenvalue weighted by atomic mass is 9.82. The van der Waals surface area contributed by atoms with Crippen molar-refractivity contribution in [3.8, 4) is 6.07 Å². The SMILES string of the molecule is CC1=C(C(=O)Nc2ccccc2)[C@H](c2ccccc2Cl)C(C#N)=C(SCC(N)=O)N1. The van der Waals surface area contributed by atoms with Gasteiger partial charge >= 0.3 is 0 Å². The molecule has 0 fully saturated rings. The van der Waals surface area contributed by atoms with Crippen LogP contribution in [-0.2, 0) is 9.59 Å². The van der Waals surface area contributed by atoms with Crippen LogP contribution < -0.4 is 16.4 Å². The summed E-state index contributed by atoms with van der Waals surface area (Å²) in [5, 5.41) is 16.8. The first-order valence-electron chi connectivity index (χ1n) is 9.06. The third kappa shape index (κ3) is 4.67. The number of allylic oxidation sites excluding steroid dienone is 2. The maximum Gasteiger partial charge on any atom is 0.254 e. The Kier molecular flexibility index (Phi) is 6.83. The average molecular weight is 439 g/mol. The topological polar surface area (TPSA) is 108 Å². The standard InChI is InChI=1S/C22H19ClN4O2S/c1-13-19(21(29)27-14-7-3-2-4-8-14)20(15-9-5-6-10-17(15)23)16(11-24)22(26-13)30-12-18(25)28/h2-10,20,26H,12H2,1H3,(H2,25,28)(H,27,29)/t20-/m1/s1. The molecule has 0 aliphatic carbocycles. The zero-order chi connectivity index (χ0) is 21.7. The summed E-state index contributed by atoms with van der Waals surface area (Å²) in [4.78, 5) is 24.5. The number of dihydropyridines is 1. The molecule has 0 unspecified atom stereocenters. The van der Waals surface area contributed by atoms with Crippen LogP contribution in [0.5, 0.6) is 0 Å². The highest BCUT2D eigenvalue weighted by Crippen LogP contribution is 2.43. The fourth-order valence-corrected chi connectivity index (χ4v) is 4.29. The fraction of sp³-hybridized carbons (Fsp3) is 0.136.